The van der Waals surface area contributed by atoms with Crippen LogP contribution in [0.25, 0.3) is 11.1 Å². The first-order valence-electron chi connectivity index (χ1n) is 12.1. The van der Waals surface area contributed by atoms with Gasteiger partial charge in [-0.15, -0.1) is 0 Å². The molecule has 2 aliphatic rings. The number of nitriles is 1. The van der Waals surface area contributed by atoms with Crippen LogP contribution in [0, 0.1) is 17.2 Å². The molecule has 2 fully saturated rings. The number of carbonyl (C=O) groups is 1. The average Bonchev–Trinajstić information content (AvgIpc) is 3.25. The molecule has 7 heteroatoms. The maximum atomic E-state index is 12.7. The Labute approximate surface area is 207 Å². The Kier molecular flexibility index (Phi) is 8.10. The van der Waals surface area contributed by atoms with Gasteiger partial charge in [0.05, 0.1) is 23.4 Å². The number of anilines is 1. The number of likely N-dealkylation sites (tertiary alicyclic amines) is 1. The second-order valence-electron chi connectivity index (χ2n) is 9.51. The predicted octanol–water partition coefficient (Wildman–Crippen LogP) is 4.03. The first kappa shape index (κ1) is 24.5. The van der Waals surface area contributed by atoms with Gasteiger partial charge in [-0.25, -0.2) is 0 Å². The lowest BCUT2D eigenvalue weighted by Gasteiger charge is -2.31. The number of nitrogens with zero attached hydrogens (tertiary/aromatic N) is 3. The van der Waals surface area contributed by atoms with Crippen molar-refractivity contribution in [2.24, 2.45) is 5.92 Å². The maximum absolute atomic E-state index is 12.7. The third-order valence-corrected chi connectivity index (χ3v) is 7.45. The number of amides is 1. The van der Waals surface area contributed by atoms with Crippen molar-refractivity contribution in [1.82, 2.24) is 10.2 Å². The van der Waals surface area contributed by atoms with Crippen LogP contribution < -0.4 is 10.2 Å². The van der Waals surface area contributed by atoms with Gasteiger partial charge in [0.15, 0.2) is 0 Å². The summed E-state index contributed by atoms with van der Waals surface area (Å²) in [4.78, 5) is 17.1. The van der Waals surface area contributed by atoms with Crippen molar-refractivity contribution < 1.29 is 9.90 Å². The van der Waals surface area contributed by atoms with Gasteiger partial charge in [0.1, 0.15) is 12.6 Å². The van der Waals surface area contributed by atoms with E-state index in [0.717, 1.165) is 62.3 Å². The zero-order chi connectivity index (χ0) is 24.1. The molecule has 0 saturated carbocycles. The second-order valence-corrected chi connectivity index (χ2v) is 9.92. The predicted molar refractivity (Wildman–Crippen MR) is 136 cm³/mol. The first-order valence-corrected chi connectivity index (χ1v) is 12.5. The van der Waals surface area contributed by atoms with Crippen LogP contribution in [0.2, 0.25) is 5.02 Å². The fourth-order valence-corrected chi connectivity index (χ4v) is 5.52. The summed E-state index contributed by atoms with van der Waals surface area (Å²) in [6, 6.07) is 16.5. The van der Waals surface area contributed by atoms with E-state index >= 15 is 0 Å². The number of hydrogen-bond acceptors (Lipinski definition) is 5. The average molecular weight is 481 g/mol. The molecular formula is C27H33ClN4O2. The molecule has 0 aromatic heterocycles. The van der Waals surface area contributed by atoms with E-state index in [2.05, 4.69) is 52.4 Å². The zero-order valence-corrected chi connectivity index (χ0v) is 20.5. The van der Waals surface area contributed by atoms with Crippen molar-refractivity contribution in [2.75, 3.05) is 44.2 Å². The first-order chi connectivity index (χ1) is 16.5. The standard InChI is InChI=1S/C27H33ClN4O2/c1-19-16-26(27(34)30-11-10-29)32(18-19)25-17-23(6-7-24(25)28)21-4-2-20(3-5-21)22-8-12-31(13-9-22)14-15-33/h2-7,17,19,22,26,33H,8-9,11-16,18H2,1H3,(H,30,34)/t19-,26-/m0/s1. The number of carbonyl (C=O) groups excluding carboxylic acids is 1. The SMILES string of the molecule is C[C@H]1C[C@@H](C(=O)NCC#N)N(c2cc(-c3ccc(C4CCN(CCO)CC4)cc3)ccc2Cl)C1. The molecule has 0 bridgehead atoms. The summed E-state index contributed by atoms with van der Waals surface area (Å²) in [6.07, 6.45) is 2.98. The molecule has 2 aromatic rings. The van der Waals surface area contributed by atoms with Crippen molar-refractivity contribution >= 4 is 23.2 Å². The molecule has 2 N–H and O–H groups in total. The quantitative estimate of drug-likeness (QED) is 0.585. The molecule has 0 spiro atoms. The van der Waals surface area contributed by atoms with Crippen LogP contribution in [0.1, 0.15) is 37.7 Å². The van der Waals surface area contributed by atoms with E-state index in [9.17, 15) is 4.79 Å². The fourth-order valence-electron chi connectivity index (χ4n) is 5.30. The molecule has 0 radical (unpaired) electrons. The third kappa shape index (κ3) is 5.55. The van der Waals surface area contributed by atoms with Gasteiger partial charge < -0.3 is 20.2 Å². The Balaban J connectivity index is 1.51. The fraction of sp³-hybridized carbons (Fsp3) is 0.481. The summed E-state index contributed by atoms with van der Waals surface area (Å²) in [5.41, 5.74) is 4.42. The number of halogens is 1. The van der Waals surface area contributed by atoms with Crippen molar-refractivity contribution in [3.63, 3.8) is 0 Å². The Morgan fingerprint density at radius 3 is 2.56 bits per heavy atom. The number of piperidine rings is 1. The van der Waals surface area contributed by atoms with Crippen LogP contribution in [-0.2, 0) is 4.79 Å². The topological polar surface area (TPSA) is 79.6 Å². The second kappa shape index (κ2) is 11.2. The van der Waals surface area contributed by atoms with Crippen molar-refractivity contribution in [2.45, 2.75) is 38.1 Å². The van der Waals surface area contributed by atoms with E-state index in [1.807, 2.05) is 18.2 Å². The zero-order valence-electron chi connectivity index (χ0n) is 19.7. The summed E-state index contributed by atoms with van der Waals surface area (Å²) in [5, 5.41) is 21.3. The summed E-state index contributed by atoms with van der Waals surface area (Å²) in [6.45, 7) is 5.95. The third-order valence-electron chi connectivity index (χ3n) is 7.13. The molecule has 4 rings (SSSR count). The van der Waals surface area contributed by atoms with E-state index in [-0.39, 0.29) is 25.1 Å². The van der Waals surface area contributed by atoms with Crippen LogP contribution in [0.3, 0.4) is 0 Å². The molecule has 6 nitrogen and oxygen atoms in total. The molecule has 2 aromatic carbocycles. The van der Waals surface area contributed by atoms with Gasteiger partial charge in [0.2, 0.25) is 5.91 Å². The molecule has 34 heavy (non-hydrogen) atoms. The molecule has 2 saturated heterocycles. The summed E-state index contributed by atoms with van der Waals surface area (Å²) < 4.78 is 0. The summed E-state index contributed by atoms with van der Waals surface area (Å²) >= 11 is 6.60. The van der Waals surface area contributed by atoms with Crippen LogP contribution in [-0.4, -0.2) is 61.3 Å². The van der Waals surface area contributed by atoms with Crippen LogP contribution in [0.5, 0.6) is 0 Å². The van der Waals surface area contributed by atoms with Crippen molar-refractivity contribution in [1.29, 1.82) is 5.26 Å². The maximum Gasteiger partial charge on any atom is 0.243 e. The molecule has 0 unspecified atom stereocenters. The number of aliphatic hydroxyl groups is 1. The van der Waals surface area contributed by atoms with Gasteiger partial charge in [-0.3, -0.25) is 4.79 Å². The monoisotopic (exact) mass is 480 g/mol. The van der Waals surface area contributed by atoms with Gasteiger partial charge in [-0.2, -0.15) is 5.26 Å². The minimum absolute atomic E-state index is 0.0120. The molecular weight excluding hydrogens is 448 g/mol. The van der Waals surface area contributed by atoms with Crippen molar-refractivity contribution in [3.8, 4) is 17.2 Å². The Bertz CT molecular complexity index is 1030. The summed E-state index contributed by atoms with van der Waals surface area (Å²) in [5.74, 6) is 0.797. The van der Waals surface area contributed by atoms with E-state index in [4.69, 9.17) is 22.0 Å². The number of nitrogens with one attached hydrogen (secondary N) is 1. The molecule has 0 aliphatic carbocycles. The van der Waals surface area contributed by atoms with E-state index in [0.29, 0.717) is 16.9 Å². The highest BCUT2D eigenvalue weighted by molar-refractivity contribution is 6.33. The lowest BCUT2D eigenvalue weighted by Crippen LogP contribution is -2.43. The molecule has 2 heterocycles. The van der Waals surface area contributed by atoms with Crippen LogP contribution >= 0.6 is 11.6 Å². The molecule has 1 amide bonds. The number of β-amino-alcohol motifs (C(OH)–C–C–N with tert-alkyl or cyclic N) is 1. The van der Waals surface area contributed by atoms with E-state index < -0.39 is 0 Å². The van der Waals surface area contributed by atoms with Crippen LogP contribution in [0.15, 0.2) is 42.5 Å². The van der Waals surface area contributed by atoms with Gasteiger partial charge in [-0.1, -0.05) is 48.9 Å². The van der Waals surface area contributed by atoms with Gasteiger partial charge in [-0.05, 0) is 73.0 Å². The summed E-state index contributed by atoms with van der Waals surface area (Å²) in [7, 11) is 0. The lowest BCUT2D eigenvalue weighted by atomic mass is 9.88. The molecule has 180 valence electrons. The van der Waals surface area contributed by atoms with Crippen molar-refractivity contribution in [3.05, 3.63) is 53.1 Å². The highest BCUT2D eigenvalue weighted by atomic mass is 35.5. The Morgan fingerprint density at radius 1 is 1.18 bits per heavy atom. The Morgan fingerprint density at radius 2 is 1.88 bits per heavy atom. The van der Waals surface area contributed by atoms with Gasteiger partial charge >= 0.3 is 0 Å². The highest BCUT2D eigenvalue weighted by Crippen LogP contribution is 2.37. The highest BCUT2D eigenvalue weighted by Gasteiger charge is 2.35. The lowest BCUT2D eigenvalue weighted by molar-refractivity contribution is -0.122. The van der Waals surface area contributed by atoms with Gasteiger partial charge in [0, 0.05) is 13.1 Å². The largest absolute Gasteiger partial charge is 0.395 e. The Hall–Kier alpha value is -2.59. The number of aliphatic hydroxyl groups excluding tert-OH is 1. The van der Waals surface area contributed by atoms with E-state index in [1.165, 1.54) is 5.56 Å². The normalized spacial score (nSPS) is 21.4. The number of rotatable bonds is 7. The molecule has 2 atom stereocenters. The number of benzene rings is 2. The smallest absolute Gasteiger partial charge is 0.243 e. The van der Waals surface area contributed by atoms with E-state index in [1.54, 1.807) is 0 Å². The van der Waals surface area contributed by atoms with Crippen LogP contribution in [0.4, 0.5) is 5.69 Å². The minimum atomic E-state index is -0.324. The molecule has 2 aliphatic heterocycles. The van der Waals surface area contributed by atoms with Gasteiger partial charge in [0.25, 0.3) is 0 Å². The number of hydrogen-bond donors (Lipinski definition) is 2. The minimum Gasteiger partial charge on any atom is -0.395 e.